The van der Waals surface area contributed by atoms with Crippen molar-refractivity contribution in [2.24, 2.45) is 0 Å². The van der Waals surface area contributed by atoms with E-state index in [2.05, 4.69) is 42.2 Å². The molecule has 0 aliphatic carbocycles. The summed E-state index contributed by atoms with van der Waals surface area (Å²) in [6.07, 6.45) is 0. The standard InChI is InChI=1S/C17H12N2S/c1-11-6-8-14-16(10-11)20-17(19-14)15-9-7-12-4-2-3-5-13(12)18-15/h2-10H,1H3. The lowest BCUT2D eigenvalue weighted by atomic mass is 10.2. The fourth-order valence-electron chi connectivity index (χ4n) is 2.33. The van der Waals surface area contributed by atoms with E-state index >= 15 is 0 Å². The first-order chi connectivity index (χ1) is 9.79. The molecule has 0 saturated carbocycles. The van der Waals surface area contributed by atoms with Crippen LogP contribution in [0.1, 0.15) is 5.56 Å². The molecule has 0 aliphatic rings. The van der Waals surface area contributed by atoms with Crippen molar-refractivity contribution in [2.45, 2.75) is 6.92 Å². The molecule has 20 heavy (non-hydrogen) atoms. The highest BCUT2D eigenvalue weighted by molar-refractivity contribution is 7.21. The molecule has 0 atom stereocenters. The quantitative estimate of drug-likeness (QED) is 0.498. The van der Waals surface area contributed by atoms with Crippen LogP contribution in [0, 0.1) is 6.92 Å². The summed E-state index contributed by atoms with van der Waals surface area (Å²) in [4.78, 5) is 9.40. The van der Waals surface area contributed by atoms with E-state index in [0.29, 0.717) is 0 Å². The highest BCUT2D eigenvalue weighted by Gasteiger charge is 2.08. The zero-order valence-corrected chi connectivity index (χ0v) is 11.8. The normalized spacial score (nSPS) is 11.2. The molecule has 2 aromatic carbocycles. The topological polar surface area (TPSA) is 25.8 Å². The zero-order chi connectivity index (χ0) is 13.5. The second-order valence-electron chi connectivity index (χ2n) is 4.88. The molecule has 0 aliphatic heterocycles. The zero-order valence-electron chi connectivity index (χ0n) is 11.0. The van der Waals surface area contributed by atoms with Gasteiger partial charge in [-0.2, -0.15) is 0 Å². The molecule has 0 bridgehead atoms. The van der Waals surface area contributed by atoms with E-state index < -0.39 is 0 Å². The van der Waals surface area contributed by atoms with Crippen LogP contribution in [0.15, 0.2) is 54.6 Å². The summed E-state index contributed by atoms with van der Waals surface area (Å²) in [5, 5.41) is 2.14. The summed E-state index contributed by atoms with van der Waals surface area (Å²) in [5.41, 5.74) is 4.27. The van der Waals surface area contributed by atoms with E-state index in [4.69, 9.17) is 4.98 Å². The summed E-state index contributed by atoms with van der Waals surface area (Å²) in [5.74, 6) is 0. The van der Waals surface area contributed by atoms with E-state index in [-0.39, 0.29) is 0 Å². The van der Waals surface area contributed by atoms with E-state index in [9.17, 15) is 0 Å². The van der Waals surface area contributed by atoms with E-state index in [1.165, 1.54) is 10.3 Å². The second kappa shape index (κ2) is 4.39. The maximum atomic E-state index is 4.71. The lowest BCUT2D eigenvalue weighted by Crippen LogP contribution is -1.83. The predicted molar refractivity (Wildman–Crippen MR) is 85.1 cm³/mol. The summed E-state index contributed by atoms with van der Waals surface area (Å²) in [6, 6.07) is 18.7. The van der Waals surface area contributed by atoms with Crippen LogP contribution in [0.25, 0.3) is 31.8 Å². The van der Waals surface area contributed by atoms with Gasteiger partial charge in [0.15, 0.2) is 0 Å². The summed E-state index contributed by atoms with van der Waals surface area (Å²) in [6.45, 7) is 2.10. The third-order valence-electron chi connectivity index (χ3n) is 3.36. The summed E-state index contributed by atoms with van der Waals surface area (Å²) < 4.78 is 1.22. The van der Waals surface area contributed by atoms with Gasteiger partial charge in [-0.25, -0.2) is 9.97 Å². The van der Waals surface area contributed by atoms with E-state index in [1.54, 1.807) is 11.3 Å². The molecule has 2 heterocycles. The van der Waals surface area contributed by atoms with E-state index in [1.807, 2.05) is 24.3 Å². The van der Waals surface area contributed by atoms with Crippen LogP contribution in [-0.4, -0.2) is 9.97 Å². The molecule has 96 valence electrons. The SMILES string of the molecule is Cc1ccc2nc(-c3ccc4ccccc4n3)sc2c1. The lowest BCUT2D eigenvalue weighted by Gasteiger charge is -1.99. The van der Waals surface area contributed by atoms with Crippen molar-refractivity contribution in [3.63, 3.8) is 0 Å². The first-order valence-electron chi connectivity index (χ1n) is 6.53. The second-order valence-corrected chi connectivity index (χ2v) is 5.91. The summed E-state index contributed by atoms with van der Waals surface area (Å²) in [7, 11) is 0. The van der Waals surface area contributed by atoms with E-state index in [0.717, 1.165) is 27.1 Å². The Balaban J connectivity index is 1.91. The van der Waals surface area contributed by atoms with Crippen LogP contribution < -0.4 is 0 Å². The minimum atomic E-state index is 0.947. The van der Waals surface area contributed by atoms with Gasteiger partial charge in [0.05, 0.1) is 21.4 Å². The molecule has 4 rings (SSSR count). The number of benzene rings is 2. The monoisotopic (exact) mass is 276 g/mol. The Labute approximate surface area is 120 Å². The number of aryl methyl sites for hydroxylation is 1. The number of hydrogen-bond acceptors (Lipinski definition) is 3. The average Bonchev–Trinajstić information content (AvgIpc) is 2.89. The Morgan fingerprint density at radius 1 is 0.850 bits per heavy atom. The number of rotatable bonds is 1. The van der Waals surface area contributed by atoms with Gasteiger partial charge in [-0.05, 0) is 36.8 Å². The number of para-hydroxylation sites is 1. The molecule has 0 amide bonds. The maximum absolute atomic E-state index is 4.71. The smallest absolute Gasteiger partial charge is 0.143 e. The number of fused-ring (bicyclic) bond motifs is 2. The van der Waals surface area contributed by atoms with Crippen molar-refractivity contribution >= 4 is 32.5 Å². The first kappa shape index (κ1) is 11.6. The highest BCUT2D eigenvalue weighted by Crippen LogP contribution is 2.30. The molecule has 3 heteroatoms. The minimum absolute atomic E-state index is 0.947. The average molecular weight is 276 g/mol. The van der Waals surface area contributed by atoms with Gasteiger partial charge in [0.1, 0.15) is 5.01 Å². The molecule has 0 N–H and O–H groups in total. The molecule has 0 radical (unpaired) electrons. The molecular formula is C17H12N2S. The molecule has 0 unspecified atom stereocenters. The van der Waals surface area contributed by atoms with Gasteiger partial charge >= 0.3 is 0 Å². The lowest BCUT2D eigenvalue weighted by molar-refractivity contribution is 1.36. The summed E-state index contributed by atoms with van der Waals surface area (Å²) >= 11 is 1.70. The van der Waals surface area contributed by atoms with Crippen LogP contribution in [0.2, 0.25) is 0 Å². The van der Waals surface area contributed by atoms with Crippen molar-refractivity contribution in [1.29, 1.82) is 0 Å². The van der Waals surface area contributed by atoms with Crippen LogP contribution in [-0.2, 0) is 0 Å². The molecule has 2 aromatic heterocycles. The first-order valence-corrected chi connectivity index (χ1v) is 7.35. The van der Waals surface area contributed by atoms with Crippen molar-refractivity contribution in [2.75, 3.05) is 0 Å². The van der Waals surface area contributed by atoms with Gasteiger partial charge in [0.25, 0.3) is 0 Å². The van der Waals surface area contributed by atoms with Gasteiger partial charge < -0.3 is 0 Å². The van der Waals surface area contributed by atoms with Crippen LogP contribution in [0.3, 0.4) is 0 Å². The number of nitrogens with zero attached hydrogens (tertiary/aromatic N) is 2. The Hall–Kier alpha value is -2.26. The Bertz CT molecular complexity index is 924. The number of thiazole rings is 1. The fourth-order valence-corrected chi connectivity index (χ4v) is 3.36. The number of hydrogen-bond donors (Lipinski definition) is 0. The molecule has 0 fully saturated rings. The molecule has 4 aromatic rings. The van der Waals surface area contributed by atoms with Crippen LogP contribution in [0.5, 0.6) is 0 Å². The Kier molecular flexibility index (Phi) is 2.54. The highest BCUT2D eigenvalue weighted by atomic mass is 32.1. The van der Waals surface area contributed by atoms with Gasteiger partial charge in [0.2, 0.25) is 0 Å². The van der Waals surface area contributed by atoms with Crippen molar-refractivity contribution in [1.82, 2.24) is 9.97 Å². The molecule has 0 spiro atoms. The Morgan fingerprint density at radius 3 is 2.70 bits per heavy atom. The van der Waals surface area contributed by atoms with Crippen LogP contribution in [0.4, 0.5) is 0 Å². The maximum Gasteiger partial charge on any atom is 0.143 e. The third-order valence-corrected chi connectivity index (χ3v) is 4.40. The van der Waals surface area contributed by atoms with Crippen molar-refractivity contribution in [3.05, 3.63) is 60.2 Å². The molecular weight excluding hydrogens is 264 g/mol. The third kappa shape index (κ3) is 1.87. The van der Waals surface area contributed by atoms with Gasteiger partial charge in [0, 0.05) is 5.39 Å². The number of aromatic nitrogens is 2. The van der Waals surface area contributed by atoms with Crippen molar-refractivity contribution < 1.29 is 0 Å². The van der Waals surface area contributed by atoms with Crippen LogP contribution >= 0.6 is 11.3 Å². The minimum Gasteiger partial charge on any atom is -0.245 e. The number of pyridine rings is 1. The van der Waals surface area contributed by atoms with Gasteiger partial charge in [-0.15, -0.1) is 11.3 Å². The largest absolute Gasteiger partial charge is 0.245 e. The van der Waals surface area contributed by atoms with Gasteiger partial charge in [-0.1, -0.05) is 30.3 Å². The van der Waals surface area contributed by atoms with Crippen molar-refractivity contribution in [3.8, 4) is 10.7 Å². The molecule has 0 saturated heterocycles. The Morgan fingerprint density at radius 2 is 1.75 bits per heavy atom. The molecule has 2 nitrogen and oxygen atoms in total. The van der Waals surface area contributed by atoms with Gasteiger partial charge in [-0.3, -0.25) is 0 Å². The predicted octanol–water partition coefficient (Wildman–Crippen LogP) is 4.82. The fraction of sp³-hybridized carbons (Fsp3) is 0.0588.